The molecule has 1 N–H and O–H groups in total. The van der Waals surface area contributed by atoms with E-state index in [0.717, 1.165) is 20.5 Å². The van der Waals surface area contributed by atoms with E-state index in [-0.39, 0.29) is 5.69 Å². The highest BCUT2D eigenvalue weighted by Gasteiger charge is 2.16. The molecule has 0 unspecified atom stereocenters. The highest BCUT2D eigenvalue weighted by Crippen LogP contribution is 2.22. The molecule has 0 aliphatic rings. The van der Waals surface area contributed by atoms with Crippen LogP contribution in [0.3, 0.4) is 0 Å². The van der Waals surface area contributed by atoms with E-state index in [0.29, 0.717) is 6.42 Å². The van der Waals surface area contributed by atoms with Gasteiger partial charge in [0.2, 0.25) is 0 Å². The smallest absolute Gasteiger partial charge is 0.355 e. The summed E-state index contributed by atoms with van der Waals surface area (Å²) in [6, 6.07) is 7.86. The maximum atomic E-state index is 11.0. The second kappa shape index (κ2) is 4.98. The Morgan fingerprint density at radius 1 is 1.41 bits per heavy atom. The zero-order chi connectivity index (χ0) is 12.4. The van der Waals surface area contributed by atoms with Crippen LogP contribution >= 0.6 is 27.5 Å². The van der Waals surface area contributed by atoms with Crippen molar-refractivity contribution in [1.29, 1.82) is 0 Å². The second-order valence-corrected chi connectivity index (χ2v) is 5.57. The average molecular weight is 312 g/mol. The Labute approximate surface area is 111 Å². The van der Waals surface area contributed by atoms with Gasteiger partial charge in [-0.15, -0.1) is 0 Å². The molecule has 0 bridgehead atoms. The normalized spacial score (nSPS) is 10.5. The lowest BCUT2D eigenvalue weighted by Crippen LogP contribution is -2.02. The highest BCUT2D eigenvalue weighted by molar-refractivity contribution is 9.10. The fourth-order valence-electron chi connectivity index (χ4n) is 1.57. The van der Waals surface area contributed by atoms with Crippen molar-refractivity contribution in [1.82, 2.24) is 4.37 Å². The van der Waals surface area contributed by atoms with Gasteiger partial charge in [0.15, 0.2) is 5.69 Å². The maximum Gasteiger partial charge on any atom is 0.355 e. The van der Waals surface area contributed by atoms with Crippen molar-refractivity contribution in [3.05, 3.63) is 50.4 Å². The number of carboxylic acids is 1. The number of rotatable bonds is 3. The number of nitrogens with zero attached hydrogens (tertiary/aromatic N) is 1. The molecule has 0 fully saturated rings. The minimum Gasteiger partial charge on any atom is -0.476 e. The third-order valence-electron chi connectivity index (χ3n) is 2.48. The average Bonchev–Trinajstić information content (AvgIpc) is 2.64. The summed E-state index contributed by atoms with van der Waals surface area (Å²) in [7, 11) is 0. The molecule has 5 heteroatoms. The standard InChI is InChI=1S/C12H10BrNO2S/c1-7-10(11(12(15)16)14-17-7)6-8-2-4-9(13)5-3-8/h2-5H,6H2,1H3,(H,15,16). The number of hydrogen-bond donors (Lipinski definition) is 1. The van der Waals surface area contributed by atoms with Crippen LogP contribution in [0.5, 0.6) is 0 Å². The Bertz CT molecular complexity index is 548. The minimum atomic E-state index is -0.957. The quantitative estimate of drug-likeness (QED) is 0.943. The van der Waals surface area contributed by atoms with Crippen LogP contribution in [-0.4, -0.2) is 15.4 Å². The lowest BCUT2D eigenvalue weighted by atomic mass is 10.0. The second-order valence-electron chi connectivity index (χ2n) is 3.67. The predicted molar refractivity (Wildman–Crippen MR) is 70.8 cm³/mol. The Kier molecular flexibility index (Phi) is 3.59. The number of aromatic carboxylic acids is 1. The van der Waals surface area contributed by atoms with Crippen molar-refractivity contribution in [2.75, 3.05) is 0 Å². The number of aryl methyl sites for hydroxylation is 1. The first-order valence-electron chi connectivity index (χ1n) is 5.01. The van der Waals surface area contributed by atoms with Gasteiger partial charge in [-0.25, -0.2) is 4.79 Å². The number of halogens is 1. The zero-order valence-electron chi connectivity index (χ0n) is 9.11. The lowest BCUT2D eigenvalue weighted by Gasteiger charge is -2.02. The van der Waals surface area contributed by atoms with E-state index in [2.05, 4.69) is 20.3 Å². The molecule has 0 amide bonds. The van der Waals surface area contributed by atoms with Crippen molar-refractivity contribution < 1.29 is 9.90 Å². The van der Waals surface area contributed by atoms with Crippen molar-refractivity contribution in [2.45, 2.75) is 13.3 Å². The third kappa shape index (κ3) is 2.73. The van der Waals surface area contributed by atoms with Gasteiger partial charge in [0, 0.05) is 21.3 Å². The highest BCUT2D eigenvalue weighted by atomic mass is 79.9. The summed E-state index contributed by atoms with van der Waals surface area (Å²) in [5.74, 6) is -0.957. The summed E-state index contributed by atoms with van der Waals surface area (Å²) in [6.07, 6.45) is 0.608. The number of hydrogen-bond acceptors (Lipinski definition) is 3. The van der Waals surface area contributed by atoms with Crippen molar-refractivity contribution in [3.63, 3.8) is 0 Å². The lowest BCUT2D eigenvalue weighted by molar-refractivity contribution is 0.0690. The molecule has 88 valence electrons. The van der Waals surface area contributed by atoms with Gasteiger partial charge in [-0.05, 0) is 36.2 Å². The molecule has 0 atom stereocenters. The van der Waals surface area contributed by atoms with Crippen LogP contribution in [0.2, 0.25) is 0 Å². The molecule has 0 radical (unpaired) electrons. The van der Waals surface area contributed by atoms with Crippen molar-refractivity contribution >= 4 is 33.4 Å². The van der Waals surface area contributed by atoms with Crippen molar-refractivity contribution in [3.8, 4) is 0 Å². The fourth-order valence-corrected chi connectivity index (χ4v) is 2.53. The van der Waals surface area contributed by atoms with E-state index in [1.165, 1.54) is 11.5 Å². The largest absolute Gasteiger partial charge is 0.476 e. The molecule has 0 saturated carbocycles. The first-order valence-corrected chi connectivity index (χ1v) is 6.57. The molecule has 0 aliphatic heterocycles. The Morgan fingerprint density at radius 3 is 2.65 bits per heavy atom. The summed E-state index contributed by atoms with van der Waals surface area (Å²) in [6.45, 7) is 1.90. The maximum absolute atomic E-state index is 11.0. The third-order valence-corrected chi connectivity index (χ3v) is 3.80. The molecular weight excluding hydrogens is 302 g/mol. The number of carbonyl (C=O) groups is 1. The van der Waals surface area contributed by atoms with E-state index < -0.39 is 5.97 Å². The first-order chi connectivity index (χ1) is 8.08. The minimum absolute atomic E-state index is 0.176. The first kappa shape index (κ1) is 12.3. The molecule has 2 rings (SSSR count). The van der Waals surface area contributed by atoms with Gasteiger partial charge in [-0.1, -0.05) is 28.1 Å². The summed E-state index contributed by atoms with van der Waals surface area (Å²) in [5, 5.41) is 9.04. The van der Waals surface area contributed by atoms with Gasteiger partial charge in [-0.2, -0.15) is 4.37 Å². The summed E-state index contributed by atoms with van der Waals surface area (Å²) in [5.41, 5.74) is 2.07. The molecule has 3 nitrogen and oxygen atoms in total. The van der Waals surface area contributed by atoms with Crippen LogP contribution in [-0.2, 0) is 6.42 Å². The van der Waals surface area contributed by atoms with Crippen LogP contribution in [0, 0.1) is 6.92 Å². The Hall–Kier alpha value is -1.20. The topological polar surface area (TPSA) is 50.2 Å². The Morgan fingerprint density at radius 2 is 2.06 bits per heavy atom. The SMILES string of the molecule is Cc1snc(C(=O)O)c1Cc1ccc(Br)cc1. The molecule has 2 aromatic rings. The number of benzene rings is 1. The van der Waals surface area contributed by atoms with Gasteiger partial charge < -0.3 is 5.11 Å². The predicted octanol–water partition coefficient (Wildman–Crippen LogP) is 3.50. The molecule has 0 aliphatic carbocycles. The van der Waals surface area contributed by atoms with Gasteiger partial charge in [0.05, 0.1) is 0 Å². The molecule has 0 saturated heterocycles. The number of aromatic nitrogens is 1. The summed E-state index contributed by atoms with van der Waals surface area (Å²) >= 11 is 4.61. The molecule has 1 heterocycles. The van der Waals surface area contributed by atoms with E-state index in [9.17, 15) is 4.79 Å². The van der Waals surface area contributed by atoms with E-state index in [1.54, 1.807) is 0 Å². The number of carboxylic acid groups (broad SMARTS) is 1. The van der Waals surface area contributed by atoms with E-state index in [4.69, 9.17) is 5.11 Å². The van der Waals surface area contributed by atoms with E-state index >= 15 is 0 Å². The van der Waals surface area contributed by atoms with Crippen LogP contribution in [0.15, 0.2) is 28.7 Å². The van der Waals surface area contributed by atoms with Crippen LogP contribution in [0.1, 0.15) is 26.5 Å². The summed E-state index contributed by atoms with van der Waals surface area (Å²) in [4.78, 5) is 12.0. The van der Waals surface area contributed by atoms with Gasteiger partial charge in [-0.3, -0.25) is 0 Å². The molecule has 17 heavy (non-hydrogen) atoms. The molecule has 0 spiro atoms. The van der Waals surface area contributed by atoms with Gasteiger partial charge in [0.1, 0.15) is 0 Å². The van der Waals surface area contributed by atoms with Crippen LogP contribution < -0.4 is 0 Å². The zero-order valence-corrected chi connectivity index (χ0v) is 11.5. The Balaban J connectivity index is 2.32. The monoisotopic (exact) mass is 311 g/mol. The van der Waals surface area contributed by atoms with Gasteiger partial charge >= 0.3 is 5.97 Å². The molecule has 1 aromatic carbocycles. The van der Waals surface area contributed by atoms with Gasteiger partial charge in [0.25, 0.3) is 0 Å². The molecular formula is C12H10BrNO2S. The summed E-state index contributed by atoms with van der Waals surface area (Å²) < 4.78 is 4.98. The molecule has 1 aromatic heterocycles. The van der Waals surface area contributed by atoms with Crippen LogP contribution in [0.4, 0.5) is 0 Å². The van der Waals surface area contributed by atoms with Crippen LogP contribution in [0.25, 0.3) is 0 Å². The fraction of sp³-hybridized carbons (Fsp3) is 0.167. The van der Waals surface area contributed by atoms with E-state index in [1.807, 2.05) is 31.2 Å². The van der Waals surface area contributed by atoms with Crippen molar-refractivity contribution in [2.24, 2.45) is 0 Å².